The number of aliphatic carboxylic acids is 2. The molecule has 238 valence electrons. The van der Waals surface area contributed by atoms with Crippen molar-refractivity contribution in [1.82, 2.24) is 10.2 Å². The summed E-state index contributed by atoms with van der Waals surface area (Å²) in [6, 6.07) is 13.5. The fourth-order valence-electron chi connectivity index (χ4n) is 4.63. The van der Waals surface area contributed by atoms with Crippen molar-refractivity contribution in [1.29, 1.82) is 0 Å². The van der Waals surface area contributed by atoms with Crippen molar-refractivity contribution >= 4 is 41.1 Å². The molecule has 0 spiro atoms. The van der Waals surface area contributed by atoms with Gasteiger partial charge in [0.15, 0.2) is 30.5 Å². The second-order valence-electron chi connectivity index (χ2n) is 11.3. The third-order valence-electron chi connectivity index (χ3n) is 6.62. The van der Waals surface area contributed by atoms with Crippen LogP contribution >= 0.6 is 11.3 Å². The van der Waals surface area contributed by atoms with Crippen molar-refractivity contribution < 1.29 is 48.4 Å². The van der Waals surface area contributed by atoms with Gasteiger partial charge in [0, 0.05) is 17.0 Å². The molecule has 3 aromatic rings. The lowest BCUT2D eigenvalue weighted by Crippen LogP contribution is -2.39. The fraction of sp³-hybridized carbons (Fsp3) is 0.344. The number of carboxylic acids is 2. The lowest BCUT2D eigenvalue weighted by atomic mass is 9.97. The van der Waals surface area contributed by atoms with Crippen LogP contribution in [0.5, 0.6) is 11.5 Å². The van der Waals surface area contributed by atoms with Crippen LogP contribution in [0.25, 0.3) is 0 Å². The first kappa shape index (κ1) is 33.0. The number of carbonyl (C=O) groups excluding carboxylic acids is 3. The molecule has 2 heterocycles. The molecule has 2 aromatic carbocycles. The maximum atomic E-state index is 13.5. The summed E-state index contributed by atoms with van der Waals surface area (Å²) < 4.78 is 15.9. The van der Waals surface area contributed by atoms with Gasteiger partial charge >= 0.3 is 18.0 Å². The van der Waals surface area contributed by atoms with Crippen molar-refractivity contribution in [2.24, 2.45) is 0 Å². The van der Waals surface area contributed by atoms with E-state index in [1.165, 1.54) is 29.5 Å². The van der Waals surface area contributed by atoms with Gasteiger partial charge in [-0.05, 0) is 68.5 Å². The van der Waals surface area contributed by atoms with Gasteiger partial charge in [-0.25, -0.2) is 14.4 Å². The smallest absolute Gasteiger partial charge is 0.410 e. The summed E-state index contributed by atoms with van der Waals surface area (Å²) in [4.78, 5) is 64.4. The Kier molecular flexibility index (Phi) is 10.4. The Bertz CT molecular complexity index is 1590. The van der Waals surface area contributed by atoms with E-state index in [4.69, 9.17) is 24.4 Å². The summed E-state index contributed by atoms with van der Waals surface area (Å²) in [6.07, 6.45) is 0.587. The number of carbonyl (C=O) groups is 5. The highest BCUT2D eigenvalue weighted by molar-refractivity contribution is 7.14. The molecule has 0 saturated heterocycles. The highest BCUT2D eigenvalue weighted by Gasteiger charge is 2.31. The van der Waals surface area contributed by atoms with Crippen molar-refractivity contribution in [3.8, 4) is 11.5 Å². The topological polar surface area (TPSA) is 169 Å². The molecule has 45 heavy (non-hydrogen) atoms. The Hall–Kier alpha value is -4.91. The number of fused-ring (bicyclic) bond motifs is 1. The number of amides is 2. The Balaban J connectivity index is 1.54. The molecular formula is C32H34N2O10S. The van der Waals surface area contributed by atoms with Crippen molar-refractivity contribution in [2.45, 2.75) is 45.8 Å². The fourth-order valence-corrected chi connectivity index (χ4v) is 5.87. The van der Waals surface area contributed by atoms with Crippen LogP contribution in [0.2, 0.25) is 0 Å². The Morgan fingerprint density at radius 1 is 0.933 bits per heavy atom. The van der Waals surface area contributed by atoms with Gasteiger partial charge in [-0.1, -0.05) is 30.3 Å². The van der Waals surface area contributed by atoms with E-state index in [0.29, 0.717) is 30.8 Å². The first-order valence-corrected chi connectivity index (χ1v) is 14.9. The average Bonchev–Trinajstić information content (AvgIpc) is 3.34. The van der Waals surface area contributed by atoms with Gasteiger partial charge < -0.3 is 34.6 Å². The van der Waals surface area contributed by atoms with E-state index in [2.05, 4.69) is 5.32 Å². The molecule has 0 bridgehead atoms. The molecule has 0 aliphatic carbocycles. The number of ether oxygens (including phenoxy) is 3. The van der Waals surface area contributed by atoms with Crippen molar-refractivity contribution in [2.75, 3.05) is 26.3 Å². The summed E-state index contributed by atoms with van der Waals surface area (Å²) >= 11 is 1.34. The third-order valence-corrected chi connectivity index (χ3v) is 7.95. The molecule has 0 atom stereocenters. The monoisotopic (exact) mass is 638 g/mol. The van der Waals surface area contributed by atoms with E-state index in [9.17, 15) is 24.0 Å². The van der Waals surface area contributed by atoms with E-state index in [1.807, 2.05) is 30.3 Å². The largest absolute Gasteiger partial charge is 0.479 e. The van der Waals surface area contributed by atoms with E-state index >= 15 is 0 Å². The minimum atomic E-state index is -1.28. The van der Waals surface area contributed by atoms with Gasteiger partial charge in [0.05, 0.1) is 18.0 Å². The molecule has 13 heteroatoms. The third kappa shape index (κ3) is 9.05. The number of carboxylic acid groups (broad SMARTS) is 2. The summed E-state index contributed by atoms with van der Waals surface area (Å²) in [5.41, 5.74) is 2.11. The van der Waals surface area contributed by atoms with E-state index in [1.54, 1.807) is 25.7 Å². The number of Topliss-reactive ketones (excluding diaryl/α,β-unsaturated/α-hetero) is 1. The molecule has 3 N–H and O–H groups in total. The molecule has 12 nitrogen and oxygen atoms in total. The number of benzene rings is 2. The minimum absolute atomic E-state index is 0.0469. The van der Waals surface area contributed by atoms with Crippen LogP contribution in [0.1, 0.15) is 62.4 Å². The van der Waals surface area contributed by atoms with Crippen LogP contribution in [0, 0.1) is 0 Å². The standard InChI is InChI=1S/C32H34N2O10S/c1-32(2,3)44-31(41)34-12-11-26-22(16-34)21(13-19-7-5-4-6-8-19)29(45-26)30(40)33-15-23(35)20-9-10-24(42-17-27(36)37)25(14-20)43-18-28(38)39/h4-10,14H,11-13,15-18H2,1-3H3,(H,33,40)(H,36,37)(H,38,39). The zero-order valence-electron chi connectivity index (χ0n) is 25.1. The molecule has 1 aliphatic heterocycles. The molecule has 0 fully saturated rings. The number of thiophene rings is 1. The number of rotatable bonds is 12. The SMILES string of the molecule is CC(C)(C)OC(=O)N1CCc2sc(C(=O)NCC(=O)c3ccc(OCC(=O)O)c(OCC(=O)O)c3)c(Cc3ccccc3)c2C1. The predicted octanol–water partition coefficient (Wildman–Crippen LogP) is 4.17. The Morgan fingerprint density at radius 2 is 1.60 bits per heavy atom. The first-order chi connectivity index (χ1) is 21.3. The molecule has 0 saturated carbocycles. The van der Waals surface area contributed by atoms with Gasteiger partial charge in [-0.2, -0.15) is 0 Å². The second kappa shape index (κ2) is 14.2. The zero-order chi connectivity index (χ0) is 32.7. The second-order valence-corrected chi connectivity index (χ2v) is 12.4. The summed E-state index contributed by atoms with van der Waals surface area (Å²) in [6.45, 7) is 4.36. The maximum absolute atomic E-state index is 13.5. The van der Waals surface area contributed by atoms with Gasteiger partial charge in [0.25, 0.3) is 5.91 Å². The molecule has 1 aliphatic rings. The normalized spacial score (nSPS) is 12.6. The number of nitrogens with zero attached hydrogens (tertiary/aromatic N) is 1. The van der Waals surface area contributed by atoms with Crippen LogP contribution in [0.15, 0.2) is 48.5 Å². The van der Waals surface area contributed by atoms with Crippen LogP contribution in [0.4, 0.5) is 4.79 Å². The zero-order valence-corrected chi connectivity index (χ0v) is 25.9. The quantitative estimate of drug-likeness (QED) is 0.245. The summed E-state index contributed by atoms with van der Waals surface area (Å²) in [5.74, 6) is -3.63. The molecule has 0 unspecified atom stereocenters. The molecule has 2 amide bonds. The Morgan fingerprint density at radius 3 is 2.24 bits per heavy atom. The lowest BCUT2D eigenvalue weighted by Gasteiger charge is -2.30. The van der Waals surface area contributed by atoms with Crippen LogP contribution in [0.3, 0.4) is 0 Å². The van der Waals surface area contributed by atoms with E-state index < -0.39 is 48.5 Å². The molecular weight excluding hydrogens is 604 g/mol. The minimum Gasteiger partial charge on any atom is -0.479 e. The molecule has 0 radical (unpaired) electrons. The first-order valence-electron chi connectivity index (χ1n) is 14.1. The highest BCUT2D eigenvalue weighted by atomic mass is 32.1. The van der Waals surface area contributed by atoms with Gasteiger partial charge in [-0.15, -0.1) is 11.3 Å². The Labute approximate surface area is 263 Å². The number of ketones is 1. The van der Waals surface area contributed by atoms with Crippen molar-refractivity contribution in [3.63, 3.8) is 0 Å². The van der Waals surface area contributed by atoms with Crippen molar-refractivity contribution in [3.05, 3.63) is 80.5 Å². The highest BCUT2D eigenvalue weighted by Crippen LogP contribution is 2.35. The van der Waals surface area contributed by atoms with Crippen LogP contribution in [-0.4, -0.2) is 76.7 Å². The maximum Gasteiger partial charge on any atom is 0.410 e. The van der Waals surface area contributed by atoms with E-state index in [0.717, 1.165) is 21.6 Å². The van der Waals surface area contributed by atoms with Crippen LogP contribution in [-0.2, 0) is 33.7 Å². The summed E-state index contributed by atoms with van der Waals surface area (Å²) in [5, 5.41) is 20.6. The van der Waals surface area contributed by atoms with Crippen LogP contribution < -0.4 is 14.8 Å². The number of nitrogens with one attached hydrogen (secondary N) is 1. The van der Waals surface area contributed by atoms with Gasteiger partial charge in [0.2, 0.25) is 0 Å². The average molecular weight is 639 g/mol. The lowest BCUT2D eigenvalue weighted by molar-refractivity contribution is -0.140. The number of hydrogen-bond acceptors (Lipinski definition) is 9. The number of hydrogen-bond donors (Lipinski definition) is 3. The molecule has 1 aromatic heterocycles. The van der Waals surface area contributed by atoms with Gasteiger partial charge in [-0.3, -0.25) is 9.59 Å². The van der Waals surface area contributed by atoms with E-state index in [-0.39, 0.29) is 23.6 Å². The summed E-state index contributed by atoms with van der Waals surface area (Å²) in [7, 11) is 0. The molecule has 4 rings (SSSR count). The van der Waals surface area contributed by atoms with Gasteiger partial charge in [0.1, 0.15) is 5.60 Å². The predicted molar refractivity (Wildman–Crippen MR) is 163 cm³/mol.